The smallest absolute Gasteiger partial charge is 0.391 e. The van der Waals surface area contributed by atoms with Crippen LogP contribution in [-0.2, 0) is 14.3 Å². The van der Waals surface area contributed by atoms with Crippen LogP contribution >= 0.6 is 0 Å². The van der Waals surface area contributed by atoms with Crippen LogP contribution in [0, 0.1) is 0 Å². The zero-order valence-corrected chi connectivity index (χ0v) is 13.5. The fraction of sp³-hybridized carbons (Fsp3) is 0.438. The number of carbonyl (C=O) groups is 3. The first-order valence-electron chi connectivity index (χ1n) is 7.78. The largest absolute Gasteiger partial charge is 0.480 e. The lowest BCUT2D eigenvalue weighted by molar-refractivity contribution is -0.157. The Morgan fingerprint density at radius 1 is 1.31 bits per heavy atom. The number of alkyl halides is 3. The average molecular weight is 374 g/mol. The van der Waals surface area contributed by atoms with Crippen molar-refractivity contribution in [2.75, 3.05) is 11.9 Å². The van der Waals surface area contributed by atoms with Crippen molar-refractivity contribution < 1.29 is 37.4 Å². The molecule has 2 atom stereocenters. The molecule has 2 unspecified atom stereocenters. The van der Waals surface area contributed by atoms with Crippen molar-refractivity contribution in [3.63, 3.8) is 0 Å². The molecule has 1 saturated heterocycles. The van der Waals surface area contributed by atoms with E-state index in [0.717, 1.165) is 6.42 Å². The topological polar surface area (TPSA) is 105 Å². The highest BCUT2D eigenvalue weighted by atomic mass is 19.4. The van der Waals surface area contributed by atoms with Gasteiger partial charge in [0.05, 0.1) is 6.42 Å². The molecule has 2 amide bonds. The number of ether oxygens (including phenoxy) is 1. The number of aliphatic carboxylic acids is 1. The van der Waals surface area contributed by atoms with Crippen molar-refractivity contribution in [1.82, 2.24) is 5.32 Å². The van der Waals surface area contributed by atoms with Crippen LogP contribution in [0.1, 0.15) is 29.6 Å². The number of nitrogens with one attached hydrogen (secondary N) is 2. The second-order valence-electron chi connectivity index (χ2n) is 5.76. The second-order valence-corrected chi connectivity index (χ2v) is 5.76. The van der Waals surface area contributed by atoms with Crippen molar-refractivity contribution >= 4 is 23.5 Å². The molecule has 0 radical (unpaired) electrons. The van der Waals surface area contributed by atoms with Gasteiger partial charge in [0.2, 0.25) is 0 Å². The van der Waals surface area contributed by atoms with E-state index in [1.54, 1.807) is 0 Å². The summed E-state index contributed by atoms with van der Waals surface area (Å²) < 4.78 is 42.4. The van der Waals surface area contributed by atoms with Crippen LogP contribution in [0.25, 0.3) is 0 Å². The standard InChI is InChI=1S/C16H17F3N2O5/c17-16(18,19)8-11(15(24)25)21-13(22)9-3-1-4-10(7-9)20-14(23)12-5-2-6-26-12/h1,3-4,7,11-12H,2,5-6,8H2,(H,20,23)(H,21,22)(H,24,25). The Labute approximate surface area is 146 Å². The molecule has 3 N–H and O–H groups in total. The number of benzene rings is 1. The second kappa shape index (κ2) is 8.17. The summed E-state index contributed by atoms with van der Waals surface area (Å²) in [6, 6.07) is 3.35. The van der Waals surface area contributed by atoms with Crippen LogP contribution in [0.3, 0.4) is 0 Å². The normalized spacial score (nSPS) is 18.2. The summed E-state index contributed by atoms with van der Waals surface area (Å²) >= 11 is 0. The van der Waals surface area contributed by atoms with Gasteiger partial charge in [0.1, 0.15) is 12.1 Å². The van der Waals surface area contributed by atoms with Crippen molar-refractivity contribution in [3.8, 4) is 0 Å². The van der Waals surface area contributed by atoms with E-state index in [4.69, 9.17) is 9.84 Å². The van der Waals surface area contributed by atoms with Crippen LogP contribution in [0.15, 0.2) is 24.3 Å². The lowest BCUT2D eigenvalue weighted by atomic mass is 10.1. The Bertz CT molecular complexity index is 687. The van der Waals surface area contributed by atoms with Gasteiger partial charge in [0.15, 0.2) is 0 Å². The van der Waals surface area contributed by atoms with Gasteiger partial charge in [-0.15, -0.1) is 0 Å². The Hall–Kier alpha value is -2.62. The number of carboxylic acids is 1. The van der Waals surface area contributed by atoms with Crippen molar-refractivity contribution in [2.24, 2.45) is 0 Å². The van der Waals surface area contributed by atoms with Gasteiger partial charge >= 0.3 is 12.1 Å². The van der Waals surface area contributed by atoms with Gasteiger partial charge in [-0.05, 0) is 31.0 Å². The molecule has 0 spiro atoms. The molecule has 2 rings (SSSR count). The summed E-state index contributed by atoms with van der Waals surface area (Å²) in [4.78, 5) is 35.0. The number of rotatable bonds is 6. The van der Waals surface area contributed by atoms with Crippen LogP contribution in [0.2, 0.25) is 0 Å². The first-order valence-corrected chi connectivity index (χ1v) is 7.78. The molecule has 7 nitrogen and oxygen atoms in total. The summed E-state index contributed by atoms with van der Waals surface area (Å²) in [6.45, 7) is 0.482. The minimum absolute atomic E-state index is 0.0800. The predicted molar refractivity (Wildman–Crippen MR) is 83.6 cm³/mol. The highest BCUT2D eigenvalue weighted by Crippen LogP contribution is 2.22. The molecule has 1 aromatic rings. The van der Waals surface area contributed by atoms with Gasteiger partial charge in [0, 0.05) is 17.9 Å². The zero-order chi connectivity index (χ0) is 19.3. The maximum atomic E-state index is 12.4. The number of halogens is 3. The summed E-state index contributed by atoms with van der Waals surface area (Å²) in [5, 5.41) is 13.2. The molecule has 26 heavy (non-hydrogen) atoms. The molecule has 1 aromatic carbocycles. The summed E-state index contributed by atoms with van der Waals surface area (Å²) in [7, 11) is 0. The molecule has 1 aliphatic rings. The number of hydrogen-bond acceptors (Lipinski definition) is 4. The highest BCUT2D eigenvalue weighted by Gasteiger charge is 2.36. The van der Waals surface area contributed by atoms with E-state index in [2.05, 4.69) is 5.32 Å². The monoisotopic (exact) mass is 374 g/mol. The first-order chi connectivity index (χ1) is 12.2. The van der Waals surface area contributed by atoms with E-state index < -0.39 is 36.6 Å². The van der Waals surface area contributed by atoms with E-state index >= 15 is 0 Å². The molecule has 1 aliphatic heterocycles. The quantitative estimate of drug-likeness (QED) is 0.706. The van der Waals surface area contributed by atoms with E-state index in [9.17, 15) is 27.6 Å². The molecular weight excluding hydrogens is 357 g/mol. The van der Waals surface area contributed by atoms with Crippen LogP contribution in [0.5, 0.6) is 0 Å². The number of anilines is 1. The van der Waals surface area contributed by atoms with Gasteiger partial charge in [-0.1, -0.05) is 6.07 Å². The molecular formula is C16H17F3N2O5. The Kier molecular flexibility index (Phi) is 6.19. The molecule has 0 aromatic heterocycles. The Morgan fingerprint density at radius 3 is 2.62 bits per heavy atom. The third-order valence-electron chi connectivity index (χ3n) is 3.65. The lowest BCUT2D eigenvalue weighted by Crippen LogP contribution is -2.43. The predicted octanol–water partition coefficient (Wildman–Crippen LogP) is 1.94. The van der Waals surface area contributed by atoms with Gasteiger partial charge in [-0.3, -0.25) is 9.59 Å². The van der Waals surface area contributed by atoms with Gasteiger partial charge in [-0.2, -0.15) is 13.2 Å². The highest BCUT2D eigenvalue weighted by molar-refractivity contribution is 5.99. The fourth-order valence-corrected chi connectivity index (χ4v) is 2.42. The molecule has 1 heterocycles. The minimum atomic E-state index is -4.74. The minimum Gasteiger partial charge on any atom is -0.480 e. The molecule has 1 fully saturated rings. The number of carbonyl (C=O) groups excluding carboxylic acids is 2. The lowest BCUT2D eigenvalue weighted by Gasteiger charge is -2.16. The van der Waals surface area contributed by atoms with Crippen molar-refractivity contribution in [3.05, 3.63) is 29.8 Å². The van der Waals surface area contributed by atoms with Crippen LogP contribution in [-0.4, -0.2) is 47.8 Å². The van der Waals surface area contributed by atoms with Crippen LogP contribution in [0.4, 0.5) is 18.9 Å². The first kappa shape index (κ1) is 19.7. The maximum Gasteiger partial charge on any atom is 0.391 e. The maximum absolute atomic E-state index is 12.4. The number of carboxylic acid groups (broad SMARTS) is 1. The SMILES string of the molecule is O=C(NC(CC(F)(F)F)C(=O)O)c1cccc(NC(=O)C2CCCO2)c1. The zero-order valence-electron chi connectivity index (χ0n) is 13.5. The van der Waals surface area contributed by atoms with E-state index in [1.807, 2.05) is 5.32 Å². The average Bonchev–Trinajstić information content (AvgIpc) is 3.07. The molecule has 10 heteroatoms. The van der Waals surface area contributed by atoms with E-state index in [0.29, 0.717) is 13.0 Å². The van der Waals surface area contributed by atoms with Crippen molar-refractivity contribution in [2.45, 2.75) is 37.6 Å². The van der Waals surface area contributed by atoms with Gasteiger partial charge < -0.3 is 20.5 Å². The summed E-state index contributed by atoms with van der Waals surface area (Å²) in [6.07, 6.45) is -5.69. The third-order valence-corrected chi connectivity index (χ3v) is 3.65. The fourth-order valence-electron chi connectivity index (χ4n) is 2.42. The van der Waals surface area contributed by atoms with Gasteiger partial charge in [0.25, 0.3) is 11.8 Å². The molecule has 0 bridgehead atoms. The number of amides is 2. The van der Waals surface area contributed by atoms with E-state index in [1.165, 1.54) is 24.3 Å². The molecule has 0 saturated carbocycles. The molecule has 0 aliphatic carbocycles. The van der Waals surface area contributed by atoms with E-state index in [-0.39, 0.29) is 17.2 Å². The Morgan fingerprint density at radius 2 is 2.04 bits per heavy atom. The summed E-state index contributed by atoms with van der Waals surface area (Å²) in [5.74, 6) is -3.17. The van der Waals surface area contributed by atoms with Gasteiger partial charge in [-0.25, -0.2) is 4.79 Å². The Balaban J connectivity index is 2.04. The summed E-state index contributed by atoms with van der Waals surface area (Å²) in [5.41, 5.74) is 0.171. The van der Waals surface area contributed by atoms with Crippen LogP contribution < -0.4 is 10.6 Å². The number of hydrogen-bond donors (Lipinski definition) is 3. The van der Waals surface area contributed by atoms with Crippen molar-refractivity contribution in [1.29, 1.82) is 0 Å². The molecule has 142 valence electrons. The third kappa shape index (κ3) is 5.73.